The molecular weight excluding hydrogens is 298 g/mol. The van der Waals surface area contributed by atoms with Gasteiger partial charge in [-0.15, -0.1) is 0 Å². The summed E-state index contributed by atoms with van der Waals surface area (Å²) in [4.78, 5) is 23.8. The van der Waals surface area contributed by atoms with E-state index < -0.39 is 18.0 Å². The van der Waals surface area contributed by atoms with Crippen molar-refractivity contribution in [2.24, 2.45) is 0 Å². The number of nitriles is 1. The van der Waals surface area contributed by atoms with Gasteiger partial charge in [-0.05, 0) is 37.3 Å². The van der Waals surface area contributed by atoms with Crippen LogP contribution in [0.4, 0.5) is 5.69 Å². The van der Waals surface area contributed by atoms with E-state index in [0.29, 0.717) is 16.0 Å². The molecule has 0 saturated carbocycles. The van der Waals surface area contributed by atoms with Gasteiger partial charge in [-0.25, -0.2) is 4.79 Å². The van der Waals surface area contributed by atoms with Crippen LogP contribution in [0.2, 0.25) is 0 Å². The molecule has 0 radical (unpaired) electrons. The molecule has 0 fully saturated rings. The number of nitrogens with zero attached hydrogens (tertiary/aromatic N) is 2. The summed E-state index contributed by atoms with van der Waals surface area (Å²) in [5.41, 5.74) is 0.729. The highest BCUT2D eigenvalue weighted by molar-refractivity contribution is 5.96. The van der Waals surface area contributed by atoms with Crippen LogP contribution in [0.25, 0.3) is 0 Å². The number of nitrogens with one attached hydrogen (secondary N) is 1. The van der Waals surface area contributed by atoms with Gasteiger partial charge in [-0.1, -0.05) is 0 Å². The normalized spacial score (nSPS) is 11.1. The van der Waals surface area contributed by atoms with E-state index in [1.807, 2.05) is 6.07 Å². The lowest BCUT2D eigenvalue weighted by molar-refractivity contribution is -0.608. The lowest BCUT2D eigenvalue weighted by Crippen LogP contribution is -2.37. The zero-order valence-electron chi connectivity index (χ0n) is 12.2. The molecule has 1 amide bonds. The van der Waals surface area contributed by atoms with Gasteiger partial charge in [0.1, 0.15) is 0 Å². The van der Waals surface area contributed by atoms with Gasteiger partial charge in [-0.3, -0.25) is 4.79 Å². The van der Waals surface area contributed by atoms with E-state index in [4.69, 9.17) is 10.00 Å². The first-order chi connectivity index (χ1) is 11.0. The van der Waals surface area contributed by atoms with Gasteiger partial charge in [0.15, 0.2) is 12.3 Å². The average Bonchev–Trinajstić information content (AvgIpc) is 2.55. The van der Waals surface area contributed by atoms with E-state index in [9.17, 15) is 14.8 Å². The van der Waals surface area contributed by atoms with Crippen molar-refractivity contribution >= 4 is 17.6 Å². The first-order valence-electron chi connectivity index (χ1n) is 6.71. The molecule has 0 saturated heterocycles. The highest BCUT2D eigenvalue weighted by Gasteiger charge is 2.23. The summed E-state index contributed by atoms with van der Waals surface area (Å²) in [5, 5.41) is 22.7. The Bertz CT molecular complexity index is 766. The Labute approximate surface area is 132 Å². The molecule has 1 heterocycles. The predicted octanol–water partition coefficient (Wildman–Crippen LogP) is 1.38. The number of rotatable bonds is 4. The molecule has 7 nitrogen and oxygen atoms in total. The van der Waals surface area contributed by atoms with Crippen molar-refractivity contribution in [1.29, 1.82) is 5.26 Å². The molecule has 7 heteroatoms. The fraction of sp³-hybridized carbons (Fsp3) is 0.125. The second-order valence-electron chi connectivity index (χ2n) is 4.64. The van der Waals surface area contributed by atoms with Crippen LogP contribution in [0.3, 0.4) is 0 Å². The Balaban J connectivity index is 1.98. The third-order valence-corrected chi connectivity index (χ3v) is 2.97. The zero-order valence-corrected chi connectivity index (χ0v) is 12.2. The lowest BCUT2D eigenvalue weighted by Gasteiger charge is -2.13. The van der Waals surface area contributed by atoms with Crippen LogP contribution in [0, 0.1) is 16.5 Å². The maximum absolute atomic E-state index is 12.0. The molecule has 0 aliphatic carbocycles. The van der Waals surface area contributed by atoms with Gasteiger partial charge in [0.05, 0.1) is 11.6 Å². The van der Waals surface area contributed by atoms with Crippen molar-refractivity contribution in [1.82, 2.24) is 0 Å². The Morgan fingerprint density at radius 3 is 2.57 bits per heavy atom. The molecule has 1 aromatic carbocycles. The first kappa shape index (κ1) is 16.0. The van der Waals surface area contributed by atoms with Crippen molar-refractivity contribution < 1.29 is 19.1 Å². The molecule has 1 aromatic heterocycles. The van der Waals surface area contributed by atoms with Crippen LogP contribution < -0.4 is 10.0 Å². The topological polar surface area (TPSA) is 106 Å². The van der Waals surface area contributed by atoms with E-state index in [-0.39, 0.29) is 5.69 Å². The minimum Gasteiger partial charge on any atom is -0.618 e. The van der Waals surface area contributed by atoms with Gasteiger partial charge < -0.3 is 15.3 Å². The van der Waals surface area contributed by atoms with Crippen molar-refractivity contribution in [3.8, 4) is 6.07 Å². The van der Waals surface area contributed by atoms with Gasteiger partial charge in [-0.2, -0.15) is 9.99 Å². The SMILES string of the molecule is C[C@@H](OC(=O)c1cccc[n+]1[O-])C(=O)Nc1ccc(C#N)cc1. The molecule has 0 aliphatic heterocycles. The number of aromatic nitrogens is 1. The largest absolute Gasteiger partial charge is 0.618 e. The van der Waals surface area contributed by atoms with Crippen LogP contribution in [0.15, 0.2) is 48.7 Å². The second kappa shape index (κ2) is 7.04. The number of anilines is 1. The van der Waals surface area contributed by atoms with E-state index in [1.165, 1.54) is 25.1 Å². The van der Waals surface area contributed by atoms with E-state index in [2.05, 4.69) is 5.32 Å². The lowest BCUT2D eigenvalue weighted by atomic mass is 10.2. The van der Waals surface area contributed by atoms with Crippen molar-refractivity contribution in [3.63, 3.8) is 0 Å². The van der Waals surface area contributed by atoms with Crippen LogP contribution in [-0.4, -0.2) is 18.0 Å². The maximum atomic E-state index is 12.0. The first-order valence-corrected chi connectivity index (χ1v) is 6.71. The smallest absolute Gasteiger partial charge is 0.405 e. The minimum atomic E-state index is -1.08. The third-order valence-electron chi connectivity index (χ3n) is 2.97. The molecule has 1 atom stereocenters. The van der Waals surface area contributed by atoms with Crippen molar-refractivity contribution in [2.45, 2.75) is 13.0 Å². The number of carbonyl (C=O) groups is 2. The monoisotopic (exact) mass is 311 g/mol. The number of ether oxygens (including phenoxy) is 1. The molecule has 0 bridgehead atoms. The zero-order chi connectivity index (χ0) is 16.8. The van der Waals surface area contributed by atoms with E-state index in [1.54, 1.807) is 24.3 Å². The fourth-order valence-corrected chi connectivity index (χ4v) is 1.73. The van der Waals surface area contributed by atoms with Crippen LogP contribution in [0.5, 0.6) is 0 Å². The van der Waals surface area contributed by atoms with Crippen molar-refractivity contribution in [2.75, 3.05) is 5.32 Å². The summed E-state index contributed by atoms with van der Waals surface area (Å²) < 4.78 is 5.34. The number of benzene rings is 1. The standard InChI is InChI=1S/C16H13N3O4/c1-11(23-16(21)14-4-2-3-9-19(14)22)15(20)18-13-7-5-12(10-17)6-8-13/h2-9,11H,1H3,(H,18,20)/t11-/m1/s1. The Morgan fingerprint density at radius 1 is 1.26 bits per heavy atom. The van der Waals surface area contributed by atoms with Gasteiger partial charge in [0.2, 0.25) is 0 Å². The van der Waals surface area contributed by atoms with Crippen LogP contribution >= 0.6 is 0 Å². The van der Waals surface area contributed by atoms with Gasteiger partial charge in [0, 0.05) is 17.8 Å². The number of carbonyl (C=O) groups excluding carboxylic acids is 2. The summed E-state index contributed by atoms with van der Waals surface area (Å²) in [6.45, 7) is 1.40. The molecule has 23 heavy (non-hydrogen) atoms. The quantitative estimate of drug-likeness (QED) is 0.521. The highest BCUT2D eigenvalue weighted by Crippen LogP contribution is 2.10. The van der Waals surface area contributed by atoms with Gasteiger partial charge in [0.25, 0.3) is 5.91 Å². The third kappa shape index (κ3) is 4.04. The Morgan fingerprint density at radius 2 is 1.96 bits per heavy atom. The summed E-state index contributed by atoms with van der Waals surface area (Å²) in [5.74, 6) is -1.43. The molecule has 2 aromatic rings. The van der Waals surface area contributed by atoms with Crippen LogP contribution in [0.1, 0.15) is 23.0 Å². The average molecular weight is 311 g/mol. The van der Waals surface area contributed by atoms with Gasteiger partial charge >= 0.3 is 11.7 Å². The number of amides is 1. The van der Waals surface area contributed by atoms with Crippen LogP contribution in [-0.2, 0) is 9.53 Å². The Kier molecular flexibility index (Phi) is 4.89. The summed E-state index contributed by atoms with van der Waals surface area (Å²) in [6.07, 6.45) is 0.0799. The summed E-state index contributed by atoms with van der Waals surface area (Å²) in [7, 11) is 0. The van der Waals surface area contributed by atoms with E-state index >= 15 is 0 Å². The number of hydrogen-bond acceptors (Lipinski definition) is 5. The highest BCUT2D eigenvalue weighted by atomic mass is 16.6. The molecule has 1 N–H and O–H groups in total. The maximum Gasteiger partial charge on any atom is 0.405 e. The number of hydrogen-bond donors (Lipinski definition) is 1. The fourth-order valence-electron chi connectivity index (χ4n) is 1.73. The number of esters is 1. The Hall–Kier alpha value is -3.40. The molecule has 0 unspecified atom stereocenters. The molecule has 116 valence electrons. The molecule has 2 rings (SSSR count). The van der Waals surface area contributed by atoms with E-state index in [0.717, 1.165) is 6.20 Å². The van der Waals surface area contributed by atoms with Crippen molar-refractivity contribution in [3.05, 3.63) is 65.1 Å². The summed E-state index contributed by atoms with van der Waals surface area (Å²) >= 11 is 0. The second-order valence-corrected chi connectivity index (χ2v) is 4.64. The predicted molar refractivity (Wildman–Crippen MR) is 80.1 cm³/mol. The minimum absolute atomic E-state index is 0.203. The molecule has 0 aliphatic rings. The molecular formula is C16H13N3O4. The molecule has 0 spiro atoms. The number of pyridine rings is 1. The summed E-state index contributed by atoms with van der Waals surface area (Å²) in [6, 6.07) is 12.5.